The zero-order chi connectivity index (χ0) is 12.3. The lowest BCUT2D eigenvalue weighted by Gasteiger charge is -2.00. The van der Waals surface area contributed by atoms with Crippen LogP contribution in [0.4, 0.5) is 0 Å². The number of hydrogen-bond acceptors (Lipinski definition) is 3. The molecule has 1 heterocycles. The summed E-state index contributed by atoms with van der Waals surface area (Å²) in [5.41, 5.74) is 2.36. The van der Waals surface area contributed by atoms with Crippen molar-refractivity contribution in [3.63, 3.8) is 0 Å². The van der Waals surface area contributed by atoms with E-state index in [1.807, 2.05) is 24.8 Å². The van der Waals surface area contributed by atoms with Crippen LogP contribution in [0.2, 0.25) is 0 Å². The smallest absolute Gasteiger partial charge is 0.158 e. The molecule has 0 fully saturated rings. The van der Waals surface area contributed by atoms with Crippen molar-refractivity contribution in [2.24, 2.45) is 7.05 Å². The van der Waals surface area contributed by atoms with Crippen LogP contribution in [0.3, 0.4) is 0 Å². The summed E-state index contributed by atoms with van der Waals surface area (Å²) in [6.45, 7) is 2.99. The molecule has 1 N–H and O–H groups in total. The summed E-state index contributed by atoms with van der Waals surface area (Å²) in [6.07, 6.45) is 0.857. The Hall–Kier alpha value is -1.68. The number of nitrogens with one attached hydrogen (secondary N) is 1. The van der Waals surface area contributed by atoms with Crippen LogP contribution in [0.25, 0.3) is 11.4 Å². The molecule has 90 valence electrons. The van der Waals surface area contributed by atoms with E-state index in [0.29, 0.717) is 0 Å². The fourth-order valence-corrected chi connectivity index (χ4v) is 1.82. The summed E-state index contributed by atoms with van der Waals surface area (Å²) in [5, 5.41) is 7.52. The van der Waals surface area contributed by atoms with Gasteiger partial charge in [-0.2, -0.15) is 5.10 Å². The average Bonchev–Trinajstić information content (AvgIpc) is 2.68. The summed E-state index contributed by atoms with van der Waals surface area (Å²) in [6, 6.07) is 8.33. The van der Waals surface area contributed by atoms with Gasteiger partial charge in [0, 0.05) is 25.6 Å². The number of likely N-dealkylation sites (N-methyl/N-ethyl adjacent to an activating group) is 1. The highest BCUT2D eigenvalue weighted by molar-refractivity contribution is 5.56. The van der Waals surface area contributed by atoms with Crippen molar-refractivity contribution in [3.8, 4) is 11.4 Å². The van der Waals surface area contributed by atoms with E-state index in [1.54, 1.807) is 0 Å². The predicted octanol–water partition coefficient (Wildman–Crippen LogP) is 1.55. The van der Waals surface area contributed by atoms with Gasteiger partial charge in [0.2, 0.25) is 0 Å². The third-order valence-electron chi connectivity index (χ3n) is 2.68. The Morgan fingerprint density at radius 3 is 2.88 bits per heavy atom. The Morgan fingerprint density at radius 2 is 2.18 bits per heavy atom. The van der Waals surface area contributed by atoms with Gasteiger partial charge in [0.25, 0.3) is 0 Å². The van der Waals surface area contributed by atoms with Crippen molar-refractivity contribution < 1.29 is 0 Å². The highest BCUT2D eigenvalue weighted by atomic mass is 15.3. The van der Waals surface area contributed by atoms with Crippen LogP contribution in [0.1, 0.15) is 11.4 Å². The highest BCUT2D eigenvalue weighted by Gasteiger charge is 2.08. The molecule has 1 aromatic carbocycles. The lowest BCUT2D eigenvalue weighted by Crippen LogP contribution is -2.11. The van der Waals surface area contributed by atoms with Gasteiger partial charge in [0.15, 0.2) is 11.6 Å². The fraction of sp³-hybridized carbons (Fsp3) is 0.385. The Labute approximate surface area is 102 Å². The Kier molecular flexibility index (Phi) is 3.54. The Morgan fingerprint density at radius 1 is 1.35 bits per heavy atom. The van der Waals surface area contributed by atoms with E-state index in [4.69, 9.17) is 0 Å². The third-order valence-corrected chi connectivity index (χ3v) is 2.68. The van der Waals surface area contributed by atoms with Crippen molar-refractivity contribution >= 4 is 0 Å². The predicted molar refractivity (Wildman–Crippen MR) is 68.8 cm³/mol. The van der Waals surface area contributed by atoms with Crippen LogP contribution in [0.5, 0.6) is 0 Å². The van der Waals surface area contributed by atoms with Gasteiger partial charge < -0.3 is 5.32 Å². The van der Waals surface area contributed by atoms with E-state index in [0.717, 1.165) is 30.2 Å². The van der Waals surface area contributed by atoms with Crippen molar-refractivity contribution in [1.82, 2.24) is 20.1 Å². The van der Waals surface area contributed by atoms with Crippen LogP contribution in [0.15, 0.2) is 24.3 Å². The fourth-order valence-electron chi connectivity index (χ4n) is 1.82. The molecule has 0 aliphatic heterocycles. The van der Waals surface area contributed by atoms with Crippen LogP contribution in [-0.4, -0.2) is 28.4 Å². The highest BCUT2D eigenvalue weighted by Crippen LogP contribution is 2.17. The molecule has 0 saturated carbocycles. The van der Waals surface area contributed by atoms with E-state index in [1.165, 1.54) is 5.56 Å². The second-order valence-corrected chi connectivity index (χ2v) is 4.20. The third kappa shape index (κ3) is 2.71. The molecule has 4 nitrogen and oxygen atoms in total. The van der Waals surface area contributed by atoms with Gasteiger partial charge in [-0.15, -0.1) is 0 Å². The Balaban J connectivity index is 2.29. The molecule has 0 aliphatic rings. The molecule has 0 aliphatic carbocycles. The molecule has 2 aromatic rings. The molecule has 0 unspecified atom stereocenters. The molecule has 0 atom stereocenters. The molecule has 4 heteroatoms. The zero-order valence-electron chi connectivity index (χ0n) is 10.6. The largest absolute Gasteiger partial charge is 0.319 e. The molecule has 1 aromatic heterocycles. The summed E-state index contributed by atoms with van der Waals surface area (Å²) < 4.78 is 1.85. The minimum absolute atomic E-state index is 0.857. The number of rotatable bonds is 4. The van der Waals surface area contributed by atoms with Crippen molar-refractivity contribution in [3.05, 3.63) is 35.7 Å². The van der Waals surface area contributed by atoms with Crippen LogP contribution < -0.4 is 5.32 Å². The number of nitrogens with zero attached hydrogens (tertiary/aromatic N) is 3. The molecule has 0 spiro atoms. The molecule has 0 bridgehead atoms. The van der Waals surface area contributed by atoms with E-state index < -0.39 is 0 Å². The van der Waals surface area contributed by atoms with Gasteiger partial charge in [0.1, 0.15) is 0 Å². The van der Waals surface area contributed by atoms with E-state index in [-0.39, 0.29) is 0 Å². The molecule has 2 rings (SSSR count). The maximum Gasteiger partial charge on any atom is 0.158 e. The summed E-state index contributed by atoms with van der Waals surface area (Å²) in [5.74, 6) is 1.82. The van der Waals surface area contributed by atoms with Crippen molar-refractivity contribution in [2.45, 2.75) is 13.3 Å². The first-order chi connectivity index (χ1) is 8.20. The van der Waals surface area contributed by atoms with Crippen molar-refractivity contribution in [2.75, 3.05) is 13.6 Å². The number of hydrogen-bond donors (Lipinski definition) is 1. The second-order valence-electron chi connectivity index (χ2n) is 4.20. The quantitative estimate of drug-likeness (QED) is 0.866. The summed E-state index contributed by atoms with van der Waals surface area (Å²) >= 11 is 0. The van der Waals surface area contributed by atoms with Gasteiger partial charge in [-0.3, -0.25) is 0 Å². The van der Waals surface area contributed by atoms with Gasteiger partial charge >= 0.3 is 0 Å². The van der Waals surface area contributed by atoms with Crippen LogP contribution in [-0.2, 0) is 13.5 Å². The van der Waals surface area contributed by atoms with Crippen LogP contribution in [0, 0.1) is 6.92 Å². The maximum atomic E-state index is 4.57. The zero-order valence-corrected chi connectivity index (χ0v) is 10.6. The minimum Gasteiger partial charge on any atom is -0.319 e. The first-order valence-corrected chi connectivity index (χ1v) is 5.82. The molecule has 0 amide bonds. The molecular weight excluding hydrogens is 212 g/mol. The molecular formula is C13H18N4. The monoisotopic (exact) mass is 230 g/mol. The normalized spacial score (nSPS) is 10.8. The lowest BCUT2D eigenvalue weighted by atomic mass is 10.1. The standard InChI is InChI=1S/C13H18N4/c1-10-5-4-6-11(9-10)13-15-12(7-8-14-2)16-17(13)3/h4-6,9,14H,7-8H2,1-3H3. The molecule has 0 radical (unpaired) electrons. The van der Waals surface area contributed by atoms with E-state index in [9.17, 15) is 0 Å². The summed E-state index contributed by atoms with van der Waals surface area (Å²) in [4.78, 5) is 4.57. The second kappa shape index (κ2) is 5.10. The number of benzene rings is 1. The first kappa shape index (κ1) is 11.8. The number of aryl methyl sites for hydroxylation is 2. The number of aromatic nitrogens is 3. The SMILES string of the molecule is CNCCc1nc(-c2cccc(C)c2)n(C)n1. The van der Waals surface area contributed by atoms with Gasteiger partial charge in [-0.1, -0.05) is 23.8 Å². The van der Waals surface area contributed by atoms with Gasteiger partial charge in [-0.05, 0) is 20.0 Å². The van der Waals surface area contributed by atoms with Gasteiger partial charge in [-0.25, -0.2) is 9.67 Å². The summed E-state index contributed by atoms with van der Waals surface area (Å²) in [7, 11) is 3.87. The average molecular weight is 230 g/mol. The maximum absolute atomic E-state index is 4.57. The minimum atomic E-state index is 0.857. The van der Waals surface area contributed by atoms with Crippen molar-refractivity contribution in [1.29, 1.82) is 0 Å². The topological polar surface area (TPSA) is 42.7 Å². The van der Waals surface area contributed by atoms with Gasteiger partial charge in [0.05, 0.1) is 0 Å². The van der Waals surface area contributed by atoms with Crippen LogP contribution >= 0.6 is 0 Å². The van der Waals surface area contributed by atoms with E-state index >= 15 is 0 Å². The Bertz CT molecular complexity index is 502. The first-order valence-electron chi connectivity index (χ1n) is 5.82. The molecule has 0 saturated heterocycles. The lowest BCUT2D eigenvalue weighted by molar-refractivity contribution is 0.717. The van der Waals surface area contributed by atoms with E-state index in [2.05, 4.69) is 40.5 Å². The molecule has 17 heavy (non-hydrogen) atoms.